The summed E-state index contributed by atoms with van der Waals surface area (Å²) >= 11 is 0. The molecule has 6 nitrogen and oxygen atoms in total. The van der Waals surface area contributed by atoms with Crippen LogP contribution < -0.4 is 11.5 Å². The summed E-state index contributed by atoms with van der Waals surface area (Å²) in [5.41, 5.74) is 12.4. The van der Waals surface area contributed by atoms with Crippen molar-refractivity contribution in [1.82, 2.24) is 9.80 Å². The summed E-state index contributed by atoms with van der Waals surface area (Å²) in [7, 11) is 3.37. The molecule has 4 N–H and O–H groups in total. The van der Waals surface area contributed by atoms with E-state index in [1.807, 2.05) is 41.5 Å². The number of hydrogen-bond donors (Lipinski definition) is 2. The van der Waals surface area contributed by atoms with E-state index in [1.54, 1.807) is 14.1 Å². The third-order valence-electron chi connectivity index (χ3n) is 4.77. The number of carbonyl (C=O) groups excluding carboxylic acids is 2. The van der Waals surface area contributed by atoms with Crippen LogP contribution in [0.5, 0.6) is 0 Å². The monoisotopic (exact) mass is 428 g/mol. The van der Waals surface area contributed by atoms with Gasteiger partial charge in [-0.25, -0.2) is 9.59 Å². The van der Waals surface area contributed by atoms with E-state index in [4.69, 9.17) is 11.5 Å². The molecular weight excluding hydrogens is 388 g/mol. The van der Waals surface area contributed by atoms with Crippen LogP contribution in [0.15, 0.2) is 60.7 Å². The largest absolute Gasteiger partial charge is 0.351 e. The van der Waals surface area contributed by atoms with Gasteiger partial charge in [0.1, 0.15) is 0 Å². The molecule has 31 heavy (non-hydrogen) atoms. The molecule has 0 unspecified atom stereocenters. The van der Waals surface area contributed by atoms with Crippen molar-refractivity contribution >= 4 is 12.1 Å². The molecule has 2 aromatic carbocycles. The van der Waals surface area contributed by atoms with E-state index in [-0.39, 0.29) is 23.1 Å². The smallest absolute Gasteiger partial charge is 0.314 e. The molecule has 0 aliphatic heterocycles. The molecule has 0 heterocycles. The zero-order valence-electron chi connectivity index (χ0n) is 20.3. The maximum absolute atomic E-state index is 10.5. The van der Waals surface area contributed by atoms with E-state index in [9.17, 15) is 9.59 Å². The minimum atomic E-state index is -0.387. The third kappa shape index (κ3) is 12.3. The highest BCUT2D eigenvalue weighted by Crippen LogP contribution is 2.09. The van der Waals surface area contributed by atoms with Crippen molar-refractivity contribution < 1.29 is 9.59 Å². The molecule has 0 bridgehead atoms. The van der Waals surface area contributed by atoms with Crippen LogP contribution in [-0.4, -0.2) is 47.0 Å². The number of nitrogens with zero attached hydrogens (tertiary/aromatic N) is 2. The Labute approximate surface area is 188 Å². The van der Waals surface area contributed by atoms with E-state index < -0.39 is 0 Å². The van der Waals surface area contributed by atoms with Gasteiger partial charge in [-0.3, -0.25) is 0 Å². The number of primary amides is 2. The number of hydrogen-bond acceptors (Lipinski definition) is 2. The average Bonchev–Trinajstić information content (AvgIpc) is 2.68. The molecule has 0 fully saturated rings. The maximum Gasteiger partial charge on any atom is 0.314 e. The van der Waals surface area contributed by atoms with Gasteiger partial charge in [-0.2, -0.15) is 0 Å². The van der Waals surface area contributed by atoms with Gasteiger partial charge in [0.25, 0.3) is 0 Å². The lowest BCUT2D eigenvalue weighted by atomic mass is 10.1. The van der Waals surface area contributed by atoms with Crippen LogP contribution in [0.3, 0.4) is 0 Å². The van der Waals surface area contributed by atoms with Crippen LogP contribution in [0.4, 0.5) is 9.59 Å². The molecule has 0 aliphatic carbocycles. The maximum atomic E-state index is 10.5. The summed E-state index contributed by atoms with van der Waals surface area (Å²) in [6, 6.07) is 20.3. The van der Waals surface area contributed by atoms with Crippen molar-refractivity contribution in [1.29, 1.82) is 0 Å². The SMILES string of the molecule is CN(C(N)=O)C(C)(C)C.CN(C(N)=O)C(C)(C)C.c1ccc(Cc2ccccc2)cc1. The van der Waals surface area contributed by atoms with E-state index in [0.29, 0.717) is 0 Å². The third-order valence-corrected chi connectivity index (χ3v) is 4.77. The lowest BCUT2D eigenvalue weighted by Crippen LogP contribution is -2.45. The number of amides is 4. The molecule has 0 aliphatic rings. The summed E-state index contributed by atoms with van der Waals surface area (Å²) < 4.78 is 0. The molecule has 6 heteroatoms. The summed E-state index contributed by atoms with van der Waals surface area (Å²) in [5, 5.41) is 0. The number of carbonyl (C=O) groups is 2. The quantitative estimate of drug-likeness (QED) is 0.714. The zero-order valence-corrected chi connectivity index (χ0v) is 20.3. The van der Waals surface area contributed by atoms with Crippen LogP contribution in [0, 0.1) is 0 Å². The Morgan fingerprint density at radius 3 is 1.06 bits per heavy atom. The fourth-order valence-corrected chi connectivity index (χ4v) is 2.09. The molecule has 0 atom stereocenters. The Morgan fingerprint density at radius 2 is 0.903 bits per heavy atom. The highest BCUT2D eigenvalue weighted by atomic mass is 16.2. The number of rotatable bonds is 2. The van der Waals surface area contributed by atoms with Crippen molar-refractivity contribution in [2.24, 2.45) is 11.5 Å². The molecule has 0 spiro atoms. The Morgan fingerprint density at radius 1 is 0.645 bits per heavy atom. The summed E-state index contributed by atoms with van der Waals surface area (Å²) in [5.74, 6) is 0. The van der Waals surface area contributed by atoms with Crippen LogP contribution in [0.25, 0.3) is 0 Å². The highest BCUT2D eigenvalue weighted by molar-refractivity contribution is 5.72. The Balaban J connectivity index is 0.000000452. The second-order valence-corrected chi connectivity index (χ2v) is 9.28. The van der Waals surface area contributed by atoms with E-state index in [0.717, 1.165) is 6.42 Å². The lowest BCUT2D eigenvalue weighted by Gasteiger charge is -2.29. The first-order valence-electron chi connectivity index (χ1n) is 10.3. The van der Waals surface area contributed by atoms with Gasteiger partial charge in [-0.15, -0.1) is 0 Å². The molecule has 0 saturated heterocycles. The molecule has 172 valence electrons. The molecule has 2 aromatic rings. The average molecular weight is 429 g/mol. The molecule has 0 radical (unpaired) electrons. The lowest BCUT2D eigenvalue weighted by molar-refractivity contribution is 0.174. The van der Waals surface area contributed by atoms with Crippen molar-refractivity contribution in [3.63, 3.8) is 0 Å². The van der Waals surface area contributed by atoms with E-state index in [1.165, 1.54) is 20.9 Å². The van der Waals surface area contributed by atoms with E-state index in [2.05, 4.69) is 60.7 Å². The van der Waals surface area contributed by atoms with Crippen LogP contribution in [0.2, 0.25) is 0 Å². The van der Waals surface area contributed by atoms with Gasteiger partial charge in [0, 0.05) is 25.2 Å². The van der Waals surface area contributed by atoms with Crippen LogP contribution >= 0.6 is 0 Å². The second kappa shape index (κ2) is 12.6. The molecular formula is C25H40N4O2. The predicted octanol–water partition coefficient (Wildman–Crippen LogP) is 4.87. The zero-order chi connectivity index (χ0) is 24.2. The van der Waals surface area contributed by atoms with Gasteiger partial charge in [0.15, 0.2) is 0 Å². The van der Waals surface area contributed by atoms with Crippen molar-refractivity contribution in [3.05, 3.63) is 71.8 Å². The van der Waals surface area contributed by atoms with E-state index >= 15 is 0 Å². The fourth-order valence-electron chi connectivity index (χ4n) is 2.09. The Bertz CT molecular complexity index is 711. The van der Waals surface area contributed by atoms with Gasteiger partial charge in [-0.1, -0.05) is 60.7 Å². The molecule has 2 rings (SSSR count). The minimum absolute atomic E-state index is 0.161. The van der Waals surface area contributed by atoms with Gasteiger partial charge in [0.2, 0.25) is 0 Å². The van der Waals surface area contributed by atoms with Gasteiger partial charge >= 0.3 is 12.1 Å². The topological polar surface area (TPSA) is 92.7 Å². The highest BCUT2D eigenvalue weighted by Gasteiger charge is 2.19. The van der Waals surface area contributed by atoms with Crippen molar-refractivity contribution in [2.45, 2.75) is 59.0 Å². The molecule has 0 saturated carbocycles. The summed E-state index contributed by atoms with van der Waals surface area (Å²) in [4.78, 5) is 24.0. The Kier molecular flexibility index (Phi) is 11.4. The summed E-state index contributed by atoms with van der Waals surface area (Å²) in [6.45, 7) is 11.6. The first kappa shape index (κ1) is 28.0. The number of nitrogens with two attached hydrogens (primary N) is 2. The second-order valence-electron chi connectivity index (χ2n) is 9.28. The van der Waals surface area contributed by atoms with Crippen LogP contribution in [-0.2, 0) is 6.42 Å². The Hall–Kier alpha value is -3.02. The predicted molar refractivity (Wildman–Crippen MR) is 130 cm³/mol. The molecule has 0 aromatic heterocycles. The number of benzene rings is 2. The summed E-state index contributed by atoms with van der Waals surface area (Å²) in [6.07, 6.45) is 1.03. The first-order chi connectivity index (χ1) is 14.2. The normalized spacial score (nSPS) is 10.6. The van der Waals surface area contributed by atoms with Gasteiger partial charge in [0.05, 0.1) is 0 Å². The van der Waals surface area contributed by atoms with Crippen molar-refractivity contribution in [3.8, 4) is 0 Å². The van der Waals surface area contributed by atoms with Crippen molar-refractivity contribution in [2.75, 3.05) is 14.1 Å². The van der Waals surface area contributed by atoms with Crippen LogP contribution in [0.1, 0.15) is 52.7 Å². The fraction of sp³-hybridized carbons (Fsp3) is 0.440. The molecule has 4 amide bonds. The standard InChI is InChI=1S/C13H12.2C6H14N2O/c1-3-7-12(8-4-1)11-13-9-5-2-6-10-13;2*1-6(2,3)8(4)5(7)9/h1-10H,11H2;2*1-4H3,(H2,7,9). The van der Waals surface area contributed by atoms with Gasteiger partial charge < -0.3 is 21.3 Å². The minimum Gasteiger partial charge on any atom is -0.351 e. The number of urea groups is 2. The van der Waals surface area contributed by atoms with Gasteiger partial charge in [-0.05, 0) is 59.1 Å². The first-order valence-corrected chi connectivity index (χ1v) is 10.3.